The highest BCUT2D eigenvalue weighted by Gasteiger charge is 2.03. The van der Waals surface area contributed by atoms with Gasteiger partial charge in [-0.25, -0.2) is 9.78 Å². The van der Waals surface area contributed by atoms with Gasteiger partial charge in [-0.1, -0.05) is 17.7 Å². The van der Waals surface area contributed by atoms with Gasteiger partial charge in [0, 0.05) is 37.1 Å². The predicted octanol–water partition coefficient (Wildman–Crippen LogP) is 2.76. The van der Waals surface area contributed by atoms with E-state index in [-0.39, 0.29) is 6.03 Å². The minimum Gasteiger partial charge on any atom is -0.370 e. The van der Waals surface area contributed by atoms with Crippen molar-refractivity contribution in [1.82, 2.24) is 15.3 Å². The lowest BCUT2D eigenvalue weighted by atomic mass is 10.2. The average Bonchev–Trinajstić information content (AvgIpc) is 2.54. The van der Waals surface area contributed by atoms with Crippen LogP contribution < -0.4 is 21.3 Å². The van der Waals surface area contributed by atoms with Crippen LogP contribution in [0.2, 0.25) is 0 Å². The van der Waals surface area contributed by atoms with Gasteiger partial charge in [-0.05, 0) is 32.9 Å². The fraction of sp³-hybridized carbons (Fsp3) is 0.353. The molecule has 1 heterocycles. The van der Waals surface area contributed by atoms with Gasteiger partial charge in [0.2, 0.25) is 5.95 Å². The first-order valence-electron chi connectivity index (χ1n) is 8.02. The number of hydrogen-bond donors (Lipinski definition) is 4. The van der Waals surface area contributed by atoms with Crippen molar-refractivity contribution in [3.8, 4) is 0 Å². The zero-order valence-electron chi connectivity index (χ0n) is 14.3. The summed E-state index contributed by atoms with van der Waals surface area (Å²) in [6.07, 6.45) is 0. The Morgan fingerprint density at radius 3 is 2.50 bits per heavy atom. The topological polar surface area (TPSA) is 91.0 Å². The van der Waals surface area contributed by atoms with E-state index in [0.29, 0.717) is 19.0 Å². The summed E-state index contributed by atoms with van der Waals surface area (Å²) in [7, 11) is 0. The van der Waals surface area contributed by atoms with E-state index in [9.17, 15) is 4.79 Å². The van der Waals surface area contributed by atoms with Crippen LogP contribution in [0, 0.1) is 13.8 Å². The van der Waals surface area contributed by atoms with Gasteiger partial charge in [0.25, 0.3) is 0 Å². The van der Waals surface area contributed by atoms with Crippen molar-refractivity contribution in [2.45, 2.75) is 20.8 Å². The first-order chi connectivity index (χ1) is 11.6. The predicted molar refractivity (Wildman–Crippen MR) is 97.6 cm³/mol. The number of anilines is 3. The maximum absolute atomic E-state index is 11.8. The lowest BCUT2D eigenvalue weighted by molar-refractivity contribution is 0.252. The molecule has 0 unspecified atom stereocenters. The van der Waals surface area contributed by atoms with E-state index in [2.05, 4.69) is 31.2 Å². The Morgan fingerprint density at radius 1 is 1.04 bits per heavy atom. The smallest absolute Gasteiger partial charge is 0.319 e. The van der Waals surface area contributed by atoms with Gasteiger partial charge in [0.15, 0.2) is 0 Å². The van der Waals surface area contributed by atoms with E-state index in [4.69, 9.17) is 0 Å². The van der Waals surface area contributed by atoms with E-state index in [1.165, 1.54) is 0 Å². The third-order valence-corrected chi connectivity index (χ3v) is 3.22. The summed E-state index contributed by atoms with van der Waals surface area (Å²) < 4.78 is 0. The lowest BCUT2D eigenvalue weighted by Crippen LogP contribution is -2.32. The summed E-state index contributed by atoms with van der Waals surface area (Å²) in [6.45, 7) is 7.74. The highest BCUT2D eigenvalue weighted by atomic mass is 16.2. The molecule has 0 bridgehead atoms. The number of nitrogens with zero attached hydrogens (tertiary/aromatic N) is 2. The third-order valence-electron chi connectivity index (χ3n) is 3.22. The Labute approximate surface area is 142 Å². The molecule has 1 aromatic heterocycles. The number of aryl methyl sites for hydroxylation is 2. The Balaban J connectivity index is 1.74. The molecule has 0 aliphatic carbocycles. The summed E-state index contributed by atoms with van der Waals surface area (Å²) in [5, 5.41) is 11.8. The maximum Gasteiger partial charge on any atom is 0.319 e. The molecular formula is C17H24N6O. The molecule has 0 aliphatic heterocycles. The molecule has 4 N–H and O–H groups in total. The molecule has 0 aliphatic rings. The van der Waals surface area contributed by atoms with Crippen molar-refractivity contribution in [2.75, 3.05) is 35.6 Å². The van der Waals surface area contributed by atoms with E-state index in [1.807, 2.05) is 51.1 Å². The number of amides is 2. The second kappa shape index (κ2) is 8.71. The Hall–Kier alpha value is -2.83. The molecule has 0 saturated heterocycles. The quantitative estimate of drug-likeness (QED) is 0.587. The molecule has 7 nitrogen and oxygen atoms in total. The van der Waals surface area contributed by atoms with Crippen LogP contribution >= 0.6 is 0 Å². The third kappa shape index (κ3) is 5.75. The van der Waals surface area contributed by atoms with Gasteiger partial charge in [-0.15, -0.1) is 0 Å². The first kappa shape index (κ1) is 17.5. The molecule has 7 heteroatoms. The molecule has 0 spiro atoms. The van der Waals surface area contributed by atoms with E-state index < -0.39 is 0 Å². The van der Waals surface area contributed by atoms with Crippen molar-refractivity contribution < 1.29 is 4.79 Å². The number of benzene rings is 1. The first-order valence-corrected chi connectivity index (χ1v) is 8.02. The number of carbonyl (C=O) groups is 1. The lowest BCUT2D eigenvalue weighted by Gasteiger charge is -2.10. The van der Waals surface area contributed by atoms with Gasteiger partial charge < -0.3 is 21.3 Å². The number of carbonyl (C=O) groups excluding carboxylic acids is 1. The monoisotopic (exact) mass is 328 g/mol. The Bertz CT molecular complexity index is 671. The minimum absolute atomic E-state index is 0.237. The fourth-order valence-electron chi connectivity index (χ4n) is 2.08. The van der Waals surface area contributed by atoms with E-state index >= 15 is 0 Å². The van der Waals surface area contributed by atoms with Crippen LogP contribution in [-0.2, 0) is 0 Å². The minimum atomic E-state index is -0.237. The summed E-state index contributed by atoms with van der Waals surface area (Å²) in [5.74, 6) is 1.34. The number of nitrogens with one attached hydrogen (secondary N) is 4. The summed E-state index contributed by atoms with van der Waals surface area (Å²) in [5.41, 5.74) is 2.80. The number of hydrogen-bond acceptors (Lipinski definition) is 5. The Morgan fingerprint density at radius 2 is 1.79 bits per heavy atom. The highest BCUT2D eigenvalue weighted by Crippen LogP contribution is 2.09. The number of rotatable bonds is 7. The largest absolute Gasteiger partial charge is 0.370 e. The van der Waals surface area contributed by atoms with Crippen molar-refractivity contribution in [3.05, 3.63) is 41.6 Å². The van der Waals surface area contributed by atoms with Gasteiger partial charge in [-0.3, -0.25) is 0 Å². The second-order valence-corrected chi connectivity index (χ2v) is 5.42. The average molecular weight is 328 g/mol. The fourth-order valence-corrected chi connectivity index (χ4v) is 2.08. The highest BCUT2D eigenvalue weighted by molar-refractivity contribution is 5.89. The molecule has 24 heavy (non-hydrogen) atoms. The van der Waals surface area contributed by atoms with Crippen LogP contribution in [0.15, 0.2) is 30.3 Å². The summed E-state index contributed by atoms with van der Waals surface area (Å²) in [6, 6.07) is 9.30. The molecular weight excluding hydrogens is 304 g/mol. The van der Waals surface area contributed by atoms with Crippen LogP contribution in [0.4, 0.5) is 22.2 Å². The van der Waals surface area contributed by atoms with Crippen LogP contribution in [0.5, 0.6) is 0 Å². The second-order valence-electron chi connectivity index (χ2n) is 5.42. The summed E-state index contributed by atoms with van der Waals surface area (Å²) >= 11 is 0. The van der Waals surface area contributed by atoms with Gasteiger partial charge in [-0.2, -0.15) is 4.98 Å². The van der Waals surface area contributed by atoms with Crippen LogP contribution in [0.3, 0.4) is 0 Å². The zero-order chi connectivity index (χ0) is 17.4. The normalized spacial score (nSPS) is 10.1. The molecule has 0 atom stereocenters. The standard InChI is InChI=1S/C17H24N6O/c1-4-18-15-11-13(3)21-16(23-15)19-9-10-20-17(24)22-14-7-5-12(2)6-8-14/h5-8,11H,4,9-10H2,1-3H3,(H2,20,22,24)(H2,18,19,21,23). The SMILES string of the molecule is CCNc1cc(C)nc(NCCNC(=O)Nc2ccc(C)cc2)n1. The zero-order valence-corrected chi connectivity index (χ0v) is 14.3. The van der Waals surface area contributed by atoms with Crippen molar-refractivity contribution >= 4 is 23.5 Å². The number of urea groups is 1. The van der Waals surface area contributed by atoms with Crippen LogP contribution in [0.1, 0.15) is 18.2 Å². The van der Waals surface area contributed by atoms with Gasteiger partial charge >= 0.3 is 6.03 Å². The molecule has 128 valence electrons. The van der Waals surface area contributed by atoms with Crippen molar-refractivity contribution in [2.24, 2.45) is 0 Å². The van der Waals surface area contributed by atoms with Crippen LogP contribution in [-0.4, -0.2) is 35.6 Å². The molecule has 0 radical (unpaired) electrons. The maximum atomic E-state index is 11.8. The molecule has 1 aromatic carbocycles. The summed E-state index contributed by atoms with van der Waals surface area (Å²) in [4.78, 5) is 20.5. The molecule has 0 fully saturated rings. The van der Waals surface area contributed by atoms with E-state index in [0.717, 1.165) is 29.3 Å². The molecule has 2 amide bonds. The van der Waals surface area contributed by atoms with Crippen LogP contribution in [0.25, 0.3) is 0 Å². The van der Waals surface area contributed by atoms with E-state index in [1.54, 1.807) is 0 Å². The van der Waals surface area contributed by atoms with Gasteiger partial charge in [0.1, 0.15) is 5.82 Å². The number of aromatic nitrogens is 2. The van der Waals surface area contributed by atoms with Crippen molar-refractivity contribution in [1.29, 1.82) is 0 Å². The van der Waals surface area contributed by atoms with Gasteiger partial charge in [0.05, 0.1) is 0 Å². The Kier molecular flexibility index (Phi) is 6.36. The molecule has 2 aromatic rings. The molecule has 0 saturated carbocycles. The van der Waals surface area contributed by atoms with Crippen molar-refractivity contribution in [3.63, 3.8) is 0 Å². The molecule has 2 rings (SSSR count).